The Balaban J connectivity index is 3.20. The molecule has 4 heteroatoms. The molecule has 1 atom stereocenters. The summed E-state index contributed by atoms with van der Waals surface area (Å²) in [5, 5.41) is 0.976. The summed E-state index contributed by atoms with van der Waals surface area (Å²) in [6, 6.07) is 3.44. The predicted molar refractivity (Wildman–Crippen MR) is 55.6 cm³/mol. The largest absolute Gasteiger partial charge is 0.494 e. The Hall–Kier alpha value is -0.440. The number of hydrogen-bond acceptors (Lipinski definition) is 2. The van der Waals surface area contributed by atoms with Crippen LogP contribution in [0.5, 0.6) is 5.75 Å². The molecule has 0 saturated heterocycles. The Labute approximate surface area is 87.6 Å². The van der Waals surface area contributed by atoms with E-state index in [1.807, 2.05) is 6.92 Å². The molecule has 0 fully saturated rings. The van der Waals surface area contributed by atoms with Gasteiger partial charge in [0.2, 0.25) is 0 Å². The molecule has 2 nitrogen and oxygen atoms in total. The summed E-state index contributed by atoms with van der Waals surface area (Å²) in [6.45, 7) is 1.87. The van der Waals surface area contributed by atoms with E-state index in [0.717, 1.165) is 5.56 Å². The predicted octanol–water partition coefficient (Wildman–Crippen LogP) is 3.02. The van der Waals surface area contributed by atoms with Crippen LogP contribution in [-0.4, -0.2) is 7.11 Å². The maximum Gasteiger partial charge on any atom is 0.156 e. The first kappa shape index (κ1) is 10.6. The van der Waals surface area contributed by atoms with Crippen LogP contribution < -0.4 is 10.5 Å². The second kappa shape index (κ2) is 4.18. The Morgan fingerprint density at radius 3 is 2.08 bits per heavy atom. The molecule has 0 aromatic heterocycles. The minimum absolute atomic E-state index is 0.0825. The van der Waals surface area contributed by atoms with E-state index >= 15 is 0 Å². The Morgan fingerprint density at radius 1 is 1.31 bits per heavy atom. The van der Waals surface area contributed by atoms with Gasteiger partial charge in [-0.05, 0) is 24.6 Å². The van der Waals surface area contributed by atoms with E-state index in [4.69, 9.17) is 33.7 Å². The highest BCUT2D eigenvalue weighted by Gasteiger charge is 2.10. The summed E-state index contributed by atoms with van der Waals surface area (Å²) in [6.07, 6.45) is 0. The average Bonchev–Trinajstić information content (AvgIpc) is 2.03. The maximum absolute atomic E-state index is 5.91. The zero-order valence-corrected chi connectivity index (χ0v) is 8.99. The van der Waals surface area contributed by atoms with Crippen LogP contribution in [0, 0.1) is 0 Å². The number of methoxy groups -OCH3 is 1. The molecule has 0 spiro atoms. The molecule has 1 aromatic carbocycles. The van der Waals surface area contributed by atoms with Gasteiger partial charge < -0.3 is 10.5 Å². The Morgan fingerprint density at radius 2 is 1.77 bits per heavy atom. The van der Waals surface area contributed by atoms with Gasteiger partial charge in [0.1, 0.15) is 0 Å². The minimum atomic E-state index is -0.0825. The van der Waals surface area contributed by atoms with Gasteiger partial charge in [-0.15, -0.1) is 0 Å². The summed E-state index contributed by atoms with van der Waals surface area (Å²) < 4.78 is 5.01. The van der Waals surface area contributed by atoms with Crippen molar-refractivity contribution in [3.05, 3.63) is 27.7 Å². The van der Waals surface area contributed by atoms with E-state index in [9.17, 15) is 0 Å². The average molecular weight is 220 g/mol. The van der Waals surface area contributed by atoms with Crippen molar-refractivity contribution in [2.75, 3.05) is 7.11 Å². The fraction of sp³-hybridized carbons (Fsp3) is 0.333. The Kier molecular flexibility index (Phi) is 3.42. The molecule has 13 heavy (non-hydrogen) atoms. The van der Waals surface area contributed by atoms with Crippen molar-refractivity contribution >= 4 is 23.2 Å². The Bertz CT molecular complexity index is 289. The lowest BCUT2D eigenvalue weighted by molar-refractivity contribution is 0.415. The molecule has 1 aromatic rings. The van der Waals surface area contributed by atoms with Crippen molar-refractivity contribution < 1.29 is 4.74 Å². The molecule has 1 rings (SSSR count). The standard InChI is InChI=1S/C9H11Cl2NO/c1-5(12)6-3-7(10)9(13-2)8(11)4-6/h3-5H,12H2,1-2H3/t5-/m1/s1. The van der Waals surface area contributed by atoms with E-state index < -0.39 is 0 Å². The second-order valence-electron chi connectivity index (χ2n) is 2.81. The molecule has 0 saturated carbocycles. The van der Waals surface area contributed by atoms with Crippen LogP contribution >= 0.6 is 23.2 Å². The maximum atomic E-state index is 5.91. The number of halogens is 2. The molecule has 2 N–H and O–H groups in total. The van der Waals surface area contributed by atoms with Gasteiger partial charge in [0.25, 0.3) is 0 Å². The number of nitrogens with two attached hydrogens (primary N) is 1. The molecule has 0 radical (unpaired) electrons. The number of benzene rings is 1. The molecular formula is C9H11Cl2NO. The molecule has 0 aliphatic carbocycles. The van der Waals surface area contributed by atoms with Crippen LogP contribution in [0.4, 0.5) is 0 Å². The molecule has 0 aliphatic rings. The highest BCUT2D eigenvalue weighted by Crippen LogP contribution is 2.34. The van der Waals surface area contributed by atoms with E-state index in [0.29, 0.717) is 15.8 Å². The highest BCUT2D eigenvalue weighted by molar-refractivity contribution is 6.37. The third kappa shape index (κ3) is 2.27. The topological polar surface area (TPSA) is 35.2 Å². The molecule has 0 bridgehead atoms. The fourth-order valence-corrected chi connectivity index (χ4v) is 1.70. The van der Waals surface area contributed by atoms with E-state index in [-0.39, 0.29) is 6.04 Å². The first-order chi connectivity index (χ1) is 6.06. The van der Waals surface area contributed by atoms with E-state index in [1.165, 1.54) is 7.11 Å². The summed E-state index contributed by atoms with van der Waals surface area (Å²) >= 11 is 11.8. The summed E-state index contributed by atoms with van der Waals surface area (Å²) in [7, 11) is 1.53. The van der Waals surface area contributed by atoms with Gasteiger partial charge in [0.15, 0.2) is 5.75 Å². The summed E-state index contributed by atoms with van der Waals surface area (Å²) in [5.74, 6) is 0.493. The van der Waals surface area contributed by atoms with Crippen LogP contribution in [0.15, 0.2) is 12.1 Å². The smallest absolute Gasteiger partial charge is 0.156 e. The molecular weight excluding hydrogens is 209 g/mol. The fourth-order valence-electron chi connectivity index (χ4n) is 1.04. The number of ether oxygens (including phenoxy) is 1. The number of hydrogen-bond donors (Lipinski definition) is 1. The normalized spacial score (nSPS) is 12.7. The first-order valence-corrected chi connectivity index (χ1v) is 4.60. The lowest BCUT2D eigenvalue weighted by Gasteiger charge is -2.10. The van der Waals surface area contributed by atoms with Crippen molar-refractivity contribution in [2.45, 2.75) is 13.0 Å². The van der Waals surface area contributed by atoms with Crippen LogP contribution in [0.25, 0.3) is 0 Å². The number of rotatable bonds is 2. The van der Waals surface area contributed by atoms with Gasteiger partial charge in [0.05, 0.1) is 17.2 Å². The van der Waals surface area contributed by atoms with Crippen molar-refractivity contribution in [3.63, 3.8) is 0 Å². The monoisotopic (exact) mass is 219 g/mol. The van der Waals surface area contributed by atoms with Gasteiger partial charge in [-0.1, -0.05) is 23.2 Å². The summed E-state index contributed by atoms with van der Waals surface area (Å²) in [5.41, 5.74) is 6.58. The quantitative estimate of drug-likeness (QED) is 0.831. The van der Waals surface area contributed by atoms with E-state index in [2.05, 4.69) is 0 Å². The van der Waals surface area contributed by atoms with Gasteiger partial charge in [-0.25, -0.2) is 0 Å². The third-order valence-electron chi connectivity index (χ3n) is 1.75. The second-order valence-corrected chi connectivity index (χ2v) is 3.62. The molecule has 0 heterocycles. The van der Waals surface area contributed by atoms with Gasteiger partial charge in [-0.2, -0.15) is 0 Å². The SMILES string of the molecule is COc1c(Cl)cc([C@@H](C)N)cc1Cl. The van der Waals surface area contributed by atoms with Crippen molar-refractivity contribution in [1.29, 1.82) is 0 Å². The molecule has 0 amide bonds. The van der Waals surface area contributed by atoms with Crippen LogP contribution in [0.1, 0.15) is 18.5 Å². The van der Waals surface area contributed by atoms with Gasteiger partial charge >= 0.3 is 0 Å². The summed E-state index contributed by atoms with van der Waals surface area (Å²) in [4.78, 5) is 0. The highest BCUT2D eigenvalue weighted by atomic mass is 35.5. The molecule has 0 aliphatic heterocycles. The molecule has 72 valence electrons. The third-order valence-corrected chi connectivity index (χ3v) is 2.31. The van der Waals surface area contributed by atoms with Crippen molar-refractivity contribution in [3.8, 4) is 5.75 Å². The van der Waals surface area contributed by atoms with Crippen LogP contribution in [0.2, 0.25) is 10.0 Å². The van der Waals surface area contributed by atoms with Gasteiger partial charge in [-0.3, -0.25) is 0 Å². The van der Waals surface area contributed by atoms with Crippen LogP contribution in [-0.2, 0) is 0 Å². The zero-order valence-electron chi connectivity index (χ0n) is 7.47. The van der Waals surface area contributed by atoms with E-state index in [1.54, 1.807) is 12.1 Å². The first-order valence-electron chi connectivity index (χ1n) is 3.84. The van der Waals surface area contributed by atoms with Gasteiger partial charge in [0, 0.05) is 6.04 Å². The zero-order chi connectivity index (χ0) is 10.0. The van der Waals surface area contributed by atoms with Crippen molar-refractivity contribution in [1.82, 2.24) is 0 Å². The van der Waals surface area contributed by atoms with Crippen molar-refractivity contribution in [2.24, 2.45) is 5.73 Å². The minimum Gasteiger partial charge on any atom is -0.494 e. The van der Waals surface area contributed by atoms with Crippen LogP contribution in [0.3, 0.4) is 0 Å². The lowest BCUT2D eigenvalue weighted by Crippen LogP contribution is -2.05. The lowest BCUT2D eigenvalue weighted by atomic mass is 10.1. The molecule has 0 unspecified atom stereocenters.